The SMILES string of the molecule is Cl.Cl.O=C(NCC(c1ccccc1)N1CCCC1)[C@H]1CCCCN1. The van der Waals surface area contributed by atoms with Gasteiger partial charge in [-0.2, -0.15) is 0 Å². The van der Waals surface area contributed by atoms with E-state index in [1.165, 1.54) is 24.8 Å². The molecular formula is C18H29Cl2N3O. The smallest absolute Gasteiger partial charge is 0.237 e. The summed E-state index contributed by atoms with van der Waals surface area (Å²) in [6.07, 6.45) is 5.83. The zero-order valence-electron chi connectivity index (χ0n) is 14.1. The predicted octanol–water partition coefficient (Wildman–Crippen LogP) is 2.93. The second kappa shape index (κ2) is 10.9. The Labute approximate surface area is 157 Å². The molecule has 4 nitrogen and oxygen atoms in total. The average Bonchev–Trinajstić information content (AvgIpc) is 3.11. The molecule has 2 N–H and O–H groups in total. The first kappa shape index (κ1) is 21.2. The van der Waals surface area contributed by atoms with Crippen LogP contribution >= 0.6 is 24.8 Å². The van der Waals surface area contributed by atoms with Gasteiger partial charge in [-0.05, 0) is 50.9 Å². The zero-order valence-corrected chi connectivity index (χ0v) is 15.7. The third-order valence-corrected chi connectivity index (χ3v) is 4.86. The predicted molar refractivity (Wildman–Crippen MR) is 103 cm³/mol. The topological polar surface area (TPSA) is 44.4 Å². The first-order chi connectivity index (χ1) is 10.8. The van der Waals surface area contributed by atoms with Crippen LogP contribution in [0.2, 0.25) is 0 Å². The maximum atomic E-state index is 12.4. The lowest BCUT2D eigenvalue weighted by atomic mass is 10.0. The van der Waals surface area contributed by atoms with Crippen LogP contribution in [0.1, 0.15) is 43.7 Å². The molecule has 2 saturated heterocycles. The van der Waals surface area contributed by atoms with Crippen LogP contribution in [0.25, 0.3) is 0 Å². The second-order valence-electron chi connectivity index (χ2n) is 6.42. The van der Waals surface area contributed by atoms with E-state index in [-0.39, 0.29) is 36.8 Å². The van der Waals surface area contributed by atoms with Gasteiger partial charge in [-0.1, -0.05) is 36.8 Å². The molecular weight excluding hydrogens is 345 g/mol. The van der Waals surface area contributed by atoms with E-state index >= 15 is 0 Å². The van der Waals surface area contributed by atoms with Crippen molar-refractivity contribution in [2.24, 2.45) is 0 Å². The monoisotopic (exact) mass is 373 g/mol. The minimum absolute atomic E-state index is 0. The average molecular weight is 374 g/mol. The Morgan fingerprint density at radius 3 is 2.46 bits per heavy atom. The van der Waals surface area contributed by atoms with Crippen molar-refractivity contribution in [1.82, 2.24) is 15.5 Å². The number of benzene rings is 1. The van der Waals surface area contributed by atoms with Crippen LogP contribution < -0.4 is 10.6 Å². The lowest BCUT2D eigenvalue weighted by Gasteiger charge is -2.29. The molecule has 2 fully saturated rings. The fraction of sp³-hybridized carbons (Fsp3) is 0.611. The maximum absolute atomic E-state index is 12.4. The second-order valence-corrected chi connectivity index (χ2v) is 6.42. The van der Waals surface area contributed by atoms with Gasteiger partial charge in [-0.3, -0.25) is 9.69 Å². The summed E-state index contributed by atoms with van der Waals surface area (Å²) in [7, 11) is 0. The summed E-state index contributed by atoms with van der Waals surface area (Å²) in [5.41, 5.74) is 1.31. The van der Waals surface area contributed by atoms with Gasteiger partial charge in [0, 0.05) is 6.54 Å². The number of nitrogens with zero attached hydrogens (tertiary/aromatic N) is 1. The molecule has 1 aromatic carbocycles. The van der Waals surface area contributed by atoms with Gasteiger partial charge in [0.15, 0.2) is 0 Å². The van der Waals surface area contributed by atoms with Gasteiger partial charge in [0.2, 0.25) is 5.91 Å². The zero-order chi connectivity index (χ0) is 15.2. The number of likely N-dealkylation sites (tertiary alicyclic amines) is 1. The number of halogens is 2. The van der Waals surface area contributed by atoms with Crippen LogP contribution in [-0.2, 0) is 4.79 Å². The molecule has 1 aromatic rings. The molecule has 0 aromatic heterocycles. The molecule has 0 aliphatic carbocycles. The summed E-state index contributed by atoms with van der Waals surface area (Å²) in [4.78, 5) is 14.9. The van der Waals surface area contributed by atoms with E-state index in [9.17, 15) is 4.79 Å². The van der Waals surface area contributed by atoms with E-state index < -0.39 is 0 Å². The number of rotatable bonds is 5. The summed E-state index contributed by atoms with van der Waals surface area (Å²) in [5, 5.41) is 6.51. The Kier molecular flexibility index (Phi) is 9.67. The van der Waals surface area contributed by atoms with E-state index in [1.54, 1.807) is 0 Å². The molecule has 0 radical (unpaired) electrons. The lowest BCUT2D eigenvalue weighted by Crippen LogP contribution is -2.48. The summed E-state index contributed by atoms with van der Waals surface area (Å²) in [5.74, 6) is 0.167. The van der Waals surface area contributed by atoms with Crippen molar-refractivity contribution >= 4 is 30.7 Å². The van der Waals surface area contributed by atoms with E-state index in [1.807, 2.05) is 0 Å². The molecule has 2 aliphatic heterocycles. The third-order valence-electron chi connectivity index (χ3n) is 4.86. The molecule has 2 aliphatic rings. The molecule has 3 rings (SSSR count). The van der Waals surface area contributed by atoms with Gasteiger partial charge in [0.05, 0.1) is 12.1 Å². The minimum atomic E-state index is 0. The fourth-order valence-electron chi connectivity index (χ4n) is 3.58. The number of hydrogen-bond donors (Lipinski definition) is 2. The van der Waals surface area contributed by atoms with Crippen LogP contribution in [0.4, 0.5) is 0 Å². The Hall–Kier alpha value is -0.810. The van der Waals surface area contributed by atoms with Crippen LogP contribution in [0.15, 0.2) is 30.3 Å². The Morgan fingerprint density at radius 1 is 1.12 bits per heavy atom. The Morgan fingerprint density at radius 2 is 1.83 bits per heavy atom. The van der Waals surface area contributed by atoms with Crippen LogP contribution in [0.5, 0.6) is 0 Å². The number of nitrogens with one attached hydrogen (secondary N) is 2. The van der Waals surface area contributed by atoms with Crippen LogP contribution in [0, 0.1) is 0 Å². The highest BCUT2D eigenvalue weighted by Gasteiger charge is 2.26. The van der Waals surface area contributed by atoms with Gasteiger partial charge in [0.1, 0.15) is 0 Å². The first-order valence-corrected chi connectivity index (χ1v) is 8.65. The third kappa shape index (κ3) is 5.62. The number of amides is 1. The molecule has 1 amide bonds. The molecule has 2 heterocycles. The van der Waals surface area contributed by atoms with Gasteiger partial charge in [-0.15, -0.1) is 24.8 Å². The summed E-state index contributed by atoms with van der Waals surface area (Å²) in [6.45, 7) is 3.95. The van der Waals surface area contributed by atoms with E-state index in [0.29, 0.717) is 12.6 Å². The molecule has 0 spiro atoms. The number of carbonyl (C=O) groups is 1. The van der Waals surface area contributed by atoms with Crippen molar-refractivity contribution in [2.45, 2.75) is 44.2 Å². The highest BCUT2D eigenvalue weighted by atomic mass is 35.5. The van der Waals surface area contributed by atoms with Crippen molar-refractivity contribution < 1.29 is 4.79 Å². The standard InChI is InChI=1S/C18H27N3O.2ClH/c22-18(16-10-4-5-11-19-16)20-14-17(21-12-6-7-13-21)15-8-2-1-3-9-15;;/h1-3,8-9,16-17,19H,4-7,10-14H2,(H,20,22);2*1H/t16-,17?;;/m1../s1. The van der Waals surface area contributed by atoms with Crippen LogP contribution in [-0.4, -0.2) is 43.0 Å². The van der Waals surface area contributed by atoms with E-state index in [0.717, 1.165) is 32.5 Å². The van der Waals surface area contributed by atoms with Crippen molar-refractivity contribution in [3.05, 3.63) is 35.9 Å². The number of hydrogen-bond acceptors (Lipinski definition) is 3. The van der Waals surface area contributed by atoms with Gasteiger partial charge in [-0.25, -0.2) is 0 Å². The van der Waals surface area contributed by atoms with Crippen molar-refractivity contribution in [1.29, 1.82) is 0 Å². The molecule has 1 unspecified atom stereocenters. The highest BCUT2D eigenvalue weighted by molar-refractivity contribution is 5.85. The number of carbonyl (C=O) groups excluding carboxylic acids is 1. The van der Waals surface area contributed by atoms with E-state index in [4.69, 9.17) is 0 Å². The van der Waals surface area contributed by atoms with Crippen molar-refractivity contribution in [3.63, 3.8) is 0 Å². The molecule has 136 valence electrons. The van der Waals surface area contributed by atoms with Crippen LogP contribution in [0.3, 0.4) is 0 Å². The normalized spacial score (nSPS) is 22.1. The van der Waals surface area contributed by atoms with Crippen molar-refractivity contribution in [2.75, 3.05) is 26.2 Å². The Bertz CT molecular complexity index is 474. The summed E-state index contributed by atoms with van der Waals surface area (Å²) < 4.78 is 0. The lowest BCUT2D eigenvalue weighted by molar-refractivity contribution is -0.123. The van der Waals surface area contributed by atoms with Gasteiger partial charge >= 0.3 is 0 Å². The molecule has 0 saturated carbocycles. The largest absolute Gasteiger partial charge is 0.353 e. The summed E-state index contributed by atoms with van der Waals surface area (Å²) in [6, 6.07) is 10.9. The van der Waals surface area contributed by atoms with E-state index in [2.05, 4.69) is 45.9 Å². The minimum Gasteiger partial charge on any atom is -0.353 e. The molecule has 2 atom stereocenters. The molecule has 0 bridgehead atoms. The molecule has 6 heteroatoms. The van der Waals surface area contributed by atoms with Crippen molar-refractivity contribution in [3.8, 4) is 0 Å². The molecule has 24 heavy (non-hydrogen) atoms. The fourth-order valence-corrected chi connectivity index (χ4v) is 3.58. The quantitative estimate of drug-likeness (QED) is 0.833. The maximum Gasteiger partial charge on any atom is 0.237 e. The first-order valence-electron chi connectivity index (χ1n) is 8.65. The highest BCUT2D eigenvalue weighted by Crippen LogP contribution is 2.24. The number of piperidine rings is 1. The summed E-state index contributed by atoms with van der Waals surface area (Å²) >= 11 is 0. The Balaban J connectivity index is 0.00000144. The van der Waals surface area contributed by atoms with Gasteiger partial charge < -0.3 is 10.6 Å². The van der Waals surface area contributed by atoms with Gasteiger partial charge in [0.25, 0.3) is 0 Å².